The van der Waals surface area contributed by atoms with Gasteiger partial charge >= 0.3 is 0 Å². The predicted molar refractivity (Wildman–Crippen MR) is 81.2 cm³/mol. The van der Waals surface area contributed by atoms with Crippen LogP contribution in [0.1, 0.15) is 42.3 Å². The number of rotatable bonds is 6. The predicted octanol–water partition coefficient (Wildman–Crippen LogP) is 1.84. The molecule has 2 atom stereocenters. The van der Waals surface area contributed by atoms with Crippen molar-refractivity contribution in [3.05, 3.63) is 4.88 Å². The quantitative estimate of drug-likeness (QED) is 0.745. The Kier molecular flexibility index (Phi) is 5.19. The average Bonchev–Trinajstić information content (AvgIpc) is 3.02. The van der Waals surface area contributed by atoms with Crippen molar-refractivity contribution in [2.45, 2.75) is 44.8 Å². The zero-order valence-corrected chi connectivity index (χ0v) is 12.8. The fraction of sp³-hybridized carbons (Fsp3) is 0.692. The Balaban J connectivity index is 1.93. The first kappa shape index (κ1) is 15.1. The molecule has 0 radical (unpaired) electrons. The molecule has 4 N–H and O–H groups in total. The number of nitrogens with zero attached hydrogens (tertiary/aromatic N) is 1. The van der Waals surface area contributed by atoms with E-state index in [0.717, 1.165) is 32.2 Å². The summed E-state index contributed by atoms with van der Waals surface area (Å²) < 4.78 is 5.31. The van der Waals surface area contributed by atoms with E-state index in [2.05, 4.69) is 22.5 Å². The maximum absolute atomic E-state index is 12.2. The number of aromatic nitrogens is 1. The molecule has 1 aromatic rings. The number of nitrogen functional groups attached to an aromatic ring is 1. The highest BCUT2D eigenvalue weighted by atomic mass is 32.1. The van der Waals surface area contributed by atoms with E-state index >= 15 is 0 Å². The molecule has 0 spiro atoms. The van der Waals surface area contributed by atoms with Gasteiger partial charge < -0.3 is 21.1 Å². The van der Waals surface area contributed by atoms with E-state index < -0.39 is 0 Å². The van der Waals surface area contributed by atoms with Crippen LogP contribution in [0, 0.1) is 0 Å². The number of carbonyl (C=O) groups excluding carboxylic acids is 1. The summed E-state index contributed by atoms with van der Waals surface area (Å²) >= 11 is 1.31. The van der Waals surface area contributed by atoms with E-state index in [1.807, 2.05) is 0 Å². The Bertz CT molecular complexity index is 463. The van der Waals surface area contributed by atoms with Crippen molar-refractivity contribution in [2.75, 3.05) is 24.7 Å². The monoisotopic (exact) mass is 298 g/mol. The van der Waals surface area contributed by atoms with Crippen molar-refractivity contribution in [3.63, 3.8) is 0 Å². The minimum absolute atomic E-state index is 0.133. The van der Waals surface area contributed by atoms with E-state index in [9.17, 15) is 4.79 Å². The fourth-order valence-corrected chi connectivity index (χ4v) is 3.15. The summed E-state index contributed by atoms with van der Waals surface area (Å²) in [5, 5.41) is 6.87. The van der Waals surface area contributed by atoms with E-state index in [4.69, 9.17) is 10.5 Å². The van der Waals surface area contributed by atoms with Gasteiger partial charge in [-0.1, -0.05) is 18.3 Å². The Morgan fingerprint density at radius 1 is 1.55 bits per heavy atom. The first-order chi connectivity index (χ1) is 9.63. The summed E-state index contributed by atoms with van der Waals surface area (Å²) in [6, 6.07) is 0.168. The molecule has 1 aliphatic rings. The fourth-order valence-electron chi connectivity index (χ4n) is 2.34. The van der Waals surface area contributed by atoms with Gasteiger partial charge in [0.2, 0.25) is 0 Å². The van der Waals surface area contributed by atoms with Crippen molar-refractivity contribution in [3.8, 4) is 0 Å². The number of thiazole rings is 1. The Morgan fingerprint density at radius 3 is 3.00 bits per heavy atom. The maximum atomic E-state index is 12.2. The number of carbonyl (C=O) groups is 1. The lowest BCUT2D eigenvalue weighted by atomic mass is 10.2. The molecular formula is C13H22N4O2S. The van der Waals surface area contributed by atoms with Gasteiger partial charge in [-0.05, 0) is 25.7 Å². The number of anilines is 2. The van der Waals surface area contributed by atoms with Gasteiger partial charge in [0.25, 0.3) is 5.91 Å². The van der Waals surface area contributed by atoms with Gasteiger partial charge in [-0.3, -0.25) is 4.79 Å². The summed E-state index contributed by atoms with van der Waals surface area (Å²) in [7, 11) is 1.71. The van der Waals surface area contributed by atoms with E-state index in [-0.39, 0.29) is 18.1 Å². The number of nitrogens with two attached hydrogens (primary N) is 1. The minimum Gasteiger partial charge on any atom is -0.382 e. The molecule has 6 nitrogen and oxygen atoms in total. The van der Waals surface area contributed by atoms with E-state index in [1.165, 1.54) is 11.3 Å². The van der Waals surface area contributed by atoms with Crippen molar-refractivity contribution >= 4 is 28.2 Å². The zero-order chi connectivity index (χ0) is 14.5. The largest absolute Gasteiger partial charge is 0.382 e. The van der Waals surface area contributed by atoms with Crippen LogP contribution in [-0.4, -0.2) is 36.7 Å². The molecule has 2 rings (SSSR count). The van der Waals surface area contributed by atoms with E-state index in [0.29, 0.717) is 15.8 Å². The third-order valence-electron chi connectivity index (χ3n) is 3.44. The topological polar surface area (TPSA) is 89.3 Å². The molecule has 0 aromatic carbocycles. The SMILES string of the molecule is CCCNc1nc(N)c(C(=O)NC2CCC(OC)C2)s1. The normalized spacial score (nSPS) is 21.9. The summed E-state index contributed by atoms with van der Waals surface area (Å²) in [5.41, 5.74) is 5.82. The Morgan fingerprint density at radius 2 is 2.35 bits per heavy atom. The van der Waals surface area contributed by atoms with Crippen molar-refractivity contribution in [2.24, 2.45) is 0 Å². The van der Waals surface area contributed by atoms with Crippen LogP contribution in [0.25, 0.3) is 0 Å². The van der Waals surface area contributed by atoms with Crippen LogP contribution in [0.5, 0.6) is 0 Å². The van der Waals surface area contributed by atoms with Gasteiger partial charge in [-0.25, -0.2) is 4.98 Å². The molecule has 1 saturated carbocycles. The summed E-state index contributed by atoms with van der Waals surface area (Å²) in [6.45, 7) is 2.90. The molecule has 2 unspecified atom stereocenters. The number of nitrogens with one attached hydrogen (secondary N) is 2. The number of methoxy groups -OCH3 is 1. The van der Waals surface area contributed by atoms with Crippen LogP contribution in [0.15, 0.2) is 0 Å². The van der Waals surface area contributed by atoms with Crippen molar-refractivity contribution in [1.29, 1.82) is 0 Å². The first-order valence-corrected chi connectivity index (χ1v) is 7.79. The smallest absolute Gasteiger partial charge is 0.265 e. The lowest BCUT2D eigenvalue weighted by Gasteiger charge is -2.12. The molecule has 0 bridgehead atoms. The molecule has 7 heteroatoms. The highest BCUT2D eigenvalue weighted by Crippen LogP contribution is 2.26. The molecule has 1 fully saturated rings. The van der Waals surface area contributed by atoms with Gasteiger partial charge in [0.05, 0.1) is 6.10 Å². The third-order valence-corrected chi connectivity index (χ3v) is 4.47. The van der Waals surface area contributed by atoms with Crippen LogP contribution < -0.4 is 16.4 Å². The molecule has 0 aliphatic heterocycles. The van der Waals surface area contributed by atoms with Crippen LogP contribution in [0.3, 0.4) is 0 Å². The van der Waals surface area contributed by atoms with Crippen LogP contribution in [-0.2, 0) is 4.74 Å². The van der Waals surface area contributed by atoms with Gasteiger partial charge in [-0.15, -0.1) is 0 Å². The second-order valence-electron chi connectivity index (χ2n) is 5.00. The molecule has 1 aliphatic carbocycles. The van der Waals surface area contributed by atoms with Gasteiger partial charge in [0.1, 0.15) is 10.7 Å². The second kappa shape index (κ2) is 6.90. The molecule has 1 heterocycles. The standard InChI is InChI=1S/C13H22N4O2S/c1-3-6-15-13-17-11(14)10(20-13)12(18)16-8-4-5-9(7-8)19-2/h8-9H,3-7,14H2,1-2H3,(H,15,17)(H,16,18). The molecular weight excluding hydrogens is 276 g/mol. The number of ether oxygens (including phenoxy) is 1. The lowest BCUT2D eigenvalue weighted by molar-refractivity contribution is 0.0919. The van der Waals surface area contributed by atoms with Gasteiger partial charge in [0.15, 0.2) is 5.13 Å². The summed E-state index contributed by atoms with van der Waals surface area (Å²) in [4.78, 5) is 16.9. The van der Waals surface area contributed by atoms with Gasteiger partial charge in [-0.2, -0.15) is 0 Å². The number of hydrogen-bond acceptors (Lipinski definition) is 6. The lowest BCUT2D eigenvalue weighted by Crippen LogP contribution is -2.33. The molecule has 1 amide bonds. The molecule has 0 saturated heterocycles. The first-order valence-electron chi connectivity index (χ1n) is 6.97. The number of amides is 1. The van der Waals surface area contributed by atoms with Crippen molar-refractivity contribution < 1.29 is 9.53 Å². The molecule has 112 valence electrons. The maximum Gasteiger partial charge on any atom is 0.265 e. The molecule has 1 aromatic heterocycles. The second-order valence-corrected chi connectivity index (χ2v) is 6.00. The van der Waals surface area contributed by atoms with Crippen LogP contribution >= 0.6 is 11.3 Å². The highest BCUT2D eigenvalue weighted by molar-refractivity contribution is 7.18. The van der Waals surface area contributed by atoms with Gasteiger partial charge in [0, 0.05) is 19.7 Å². The van der Waals surface area contributed by atoms with E-state index in [1.54, 1.807) is 7.11 Å². The highest BCUT2D eigenvalue weighted by Gasteiger charge is 2.27. The third kappa shape index (κ3) is 3.61. The number of hydrogen-bond donors (Lipinski definition) is 3. The Labute approximate surface area is 123 Å². The Hall–Kier alpha value is -1.34. The molecule has 20 heavy (non-hydrogen) atoms. The average molecular weight is 298 g/mol. The minimum atomic E-state index is -0.133. The van der Waals surface area contributed by atoms with Crippen LogP contribution in [0.4, 0.5) is 10.9 Å². The van der Waals surface area contributed by atoms with Crippen LogP contribution in [0.2, 0.25) is 0 Å². The summed E-state index contributed by atoms with van der Waals surface area (Å²) in [5.74, 6) is 0.165. The van der Waals surface area contributed by atoms with Crippen molar-refractivity contribution in [1.82, 2.24) is 10.3 Å². The summed E-state index contributed by atoms with van der Waals surface area (Å²) in [6.07, 6.45) is 4.05. The zero-order valence-electron chi connectivity index (χ0n) is 11.9.